The molecule has 3 nitrogen and oxygen atoms in total. The predicted octanol–water partition coefficient (Wildman–Crippen LogP) is 9.24. The van der Waals surface area contributed by atoms with Gasteiger partial charge in [0.15, 0.2) is 0 Å². The fraction of sp³-hybridized carbons (Fsp3) is 0. The zero-order valence-electron chi connectivity index (χ0n) is 18.8. The van der Waals surface area contributed by atoms with Crippen LogP contribution in [0.1, 0.15) is 0 Å². The quantitative estimate of drug-likeness (QED) is 0.187. The maximum atomic E-state index is 13.8. The van der Waals surface area contributed by atoms with Crippen LogP contribution in [0.5, 0.6) is 0 Å². The van der Waals surface area contributed by atoms with Crippen molar-refractivity contribution in [2.75, 3.05) is 0 Å². The predicted molar refractivity (Wildman–Crippen MR) is 155 cm³/mol. The number of aromatic nitrogens is 1. The van der Waals surface area contributed by atoms with Gasteiger partial charge < -0.3 is 8.98 Å². The highest BCUT2D eigenvalue weighted by Crippen LogP contribution is 2.39. The summed E-state index contributed by atoms with van der Waals surface area (Å²) in [5.74, 6) is 0. The molecule has 0 amide bonds. The van der Waals surface area contributed by atoms with Gasteiger partial charge in [-0.3, -0.25) is 4.79 Å². The zero-order valence-corrected chi connectivity index (χ0v) is 22.0. The molecule has 0 atom stereocenters. The van der Waals surface area contributed by atoms with Crippen LogP contribution in [0, 0.1) is 0 Å². The van der Waals surface area contributed by atoms with Crippen molar-refractivity contribution in [2.24, 2.45) is 0 Å². The molecule has 7 aromatic rings. The molecule has 36 heavy (non-hydrogen) atoms. The van der Waals surface area contributed by atoms with Gasteiger partial charge in [-0.1, -0.05) is 80.4 Å². The van der Waals surface area contributed by atoms with Gasteiger partial charge in [0.05, 0.1) is 21.8 Å². The van der Waals surface area contributed by atoms with E-state index in [9.17, 15) is 4.79 Å². The fourth-order valence-electron chi connectivity index (χ4n) is 5.15. The molecule has 0 saturated carbocycles. The summed E-state index contributed by atoms with van der Waals surface area (Å²) in [7, 11) is 0. The topological polar surface area (TPSA) is 35.1 Å². The Hall–Kier alpha value is -3.67. The molecule has 0 spiro atoms. The third-order valence-corrected chi connectivity index (χ3v) is 7.88. The molecule has 0 aliphatic rings. The van der Waals surface area contributed by atoms with Crippen LogP contribution >= 0.6 is 31.9 Å². The molecule has 0 saturated heterocycles. The first kappa shape index (κ1) is 21.6. The number of nitrogens with zero attached hydrogens (tertiary/aromatic N) is 1. The smallest absolute Gasteiger partial charge is 0.201 e. The summed E-state index contributed by atoms with van der Waals surface area (Å²) in [6.45, 7) is 0. The molecule has 0 fully saturated rings. The molecule has 0 bridgehead atoms. The van der Waals surface area contributed by atoms with E-state index in [1.807, 2.05) is 36.4 Å². The van der Waals surface area contributed by atoms with Gasteiger partial charge in [-0.2, -0.15) is 0 Å². The minimum Gasteiger partial charge on any atom is -0.456 e. The van der Waals surface area contributed by atoms with Crippen LogP contribution in [-0.2, 0) is 0 Å². The maximum Gasteiger partial charge on any atom is 0.201 e. The monoisotopic (exact) mass is 593 g/mol. The molecule has 0 aliphatic carbocycles. The largest absolute Gasteiger partial charge is 0.456 e. The van der Waals surface area contributed by atoms with Gasteiger partial charge in [0, 0.05) is 31.0 Å². The highest BCUT2D eigenvalue weighted by atomic mass is 79.9. The minimum atomic E-state index is -0.0486. The Bertz CT molecular complexity index is 2040. The van der Waals surface area contributed by atoms with Crippen molar-refractivity contribution < 1.29 is 4.42 Å². The second-order valence-corrected chi connectivity index (χ2v) is 10.6. The van der Waals surface area contributed by atoms with Crippen molar-refractivity contribution in [2.45, 2.75) is 0 Å². The number of benzene rings is 5. The van der Waals surface area contributed by atoms with E-state index in [-0.39, 0.29) is 5.43 Å². The normalized spacial score (nSPS) is 11.7. The van der Waals surface area contributed by atoms with E-state index in [4.69, 9.17) is 4.42 Å². The van der Waals surface area contributed by atoms with Crippen LogP contribution in [0.4, 0.5) is 0 Å². The zero-order chi connectivity index (χ0) is 24.4. The Kier molecular flexibility index (Phi) is 4.91. The lowest BCUT2D eigenvalue weighted by molar-refractivity contribution is 0.660. The first-order valence-corrected chi connectivity index (χ1v) is 13.1. The van der Waals surface area contributed by atoms with Crippen molar-refractivity contribution in [1.82, 2.24) is 4.57 Å². The van der Waals surface area contributed by atoms with Crippen LogP contribution in [0.3, 0.4) is 0 Å². The molecule has 0 aliphatic heterocycles. The highest BCUT2D eigenvalue weighted by molar-refractivity contribution is 9.10. The number of para-hydroxylation sites is 2. The van der Waals surface area contributed by atoms with E-state index < -0.39 is 0 Å². The average Bonchev–Trinajstić information content (AvgIpc) is 3.23. The first-order valence-electron chi connectivity index (χ1n) is 11.5. The van der Waals surface area contributed by atoms with Gasteiger partial charge in [-0.05, 0) is 60.2 Å². The van der Waals surface area contributed by atoms with E-state index in [0.717, 1.165) is 42.2 Å². The van der Waals surface area contributed by atoms with Crippen molar-refractivity contribution in [3.63, 3.8) is 0 Å². The average molecular weight is 595 g/mol. The molecule has 172 valence electrons. The van der Waals surface area contributed by atoms with Crippen molar-refractivity contribution >= 4 is 75.6 Å². The second kappa shape index (κ2) is 8.19. The summed E-state index contributed by atoms with van der Waals surface area (Å²) in [6, 6.07) is 34.5. The lowest BCUT2D eigenvalue weighted by atomic mass is 9.98. The Labute approximate surface area is 222 Å². The molecule has 0 N–H and O–H groups in total. The number of hydrogen-bond donors (Lipinski definition) is 0. The summed E-state index contributed by atoms with van der Waals surface area (Å²) >= 11 is 7.22. The summed E-state index contributed by atoms with van der Waals surface area (Å²) in [6.07, 6.45) is 0. The highest BCUT2D eigenvalue weighted by Gasteiger charge is 2.18. The molecular formula is C31H17Br2NO2. The Balaban J connectivity index is 1.60. The Morgan fingerprint density at radius 3 is 2.25 bits per heavy atom. The van der Waals surface area contributed by atoms with Crippen molar-refractivity contribution in [3.05, 3.63) is 122 Å². The van der Waals surface area contributed by atoms with Crippen molar-refractivity contribution in [3.8, 4) is 16.8 Å². The minimum absolute atomic E-state index is 0.0486. The van der Waals surface area contributed by atoms with Crippen LogP contribution in [0.2, 0.25) is 0 Å². The van der Waals surface area contributed by atoms with Crippen LogP contribution in [-0.4, -0.2) is 4.57 Å². The van der Waals surface area contributed by atoms with E-state index in [1.54, 1.807) is 0 Å². The standard InChI is InChI=1S/C31H17Br2NO2/c32-19-11-14-27-23(17-19)31(35)30-28(36-27)15-13-24(33)29(30)18-10-12-22-21-8-4-5-9-25(21)34(26(22)16-18)20-6-2-1-3-7-20/h1-17H. The van der Waals surface area contributed by atoms with Gasteiger partial charge in [-0.25, -0.2) is 0 Å². The number of halogens is 2. The first-order chi connectivity index (χ1) is 17.6. The third kappa shape index (κ3) is 3.20. The molecule has 0 unspecified atom stereocenters. The second-order valence-electron chi connectivity index (χ2n) is 8.79. The molecule has 2 heterocycles. The summed E-state index contributed by atoms with van der Waals surface area (Å²) in [4.78, 5) is 13.8. The van der Waals surface area contributed by atoms with E-state index in [0.29, 0.717) is 21.9 Å². The SMILES string of the molecule is O=c1c2cc(Br)ccc2oc2ccc(Br)c(-c3ccc4c5ccccc5n(-c5ccccc5)c4c3)c12. The van der Waals surface area contributed by atoms with Gasteiger partial charge >= 0.3 is 0 Å². The maximum absolute atomic E-state index is 13.8. The summed E-state index contributed by atoms with van der Waals surface area (Å²) in [5, 5.41) is 3.47. The van der Waals surface area contributed by atoms with Crippen LogP contribution < -0.4 is 5.43 Å². The fourth-order valence-corrected chi connectivity index (χ4v) is 6.07. The lowest BCUT2D eigenvalue weighted by Crippen LogP contribution is -2.04. The third-order valence-electron chi connectivity index (χ3n) is 6.73. The molecule has 5 aromatic carbocycles. The van der Waals surface area contributed by atoms with Gasteiger partial charge in [0.25, 0.3) is 0 Å². The molecule has 7 rings (SSSR count). The van der Waals surface area contributed by atoms with Gasteiger partial charge in [0.2, 0.25) is 5.43 Å². The van der Waals surface area contributed by atoms with E-state index in [1.165, 1.54) is 5.39 Å². The van der Waals surface area contributed by atoms with Gasteiger partial charge in [0.1, 0.15) is 11.2 Å². The molecule has 2 aromatic heterocycles. The number of hydrogen-bond acceptors (Lipinski definition) is 2. The lowest BCUT2D eigenvalue weighted by Gasteiger charge is -2.12. The van der Waals surface area contributed by atoms with Crippen LogP contribution in [0.15, 0.2) is 121 Å². The van der Waals surface area contributed by atoms with E-state index >= 15 is 0 Å². The molecule has 5 heteroatoms. The van der Waals surface area contributed by atoms with Crippen molar-refractivity contribution in [1.29, 1.82) is 0 Å². The summed E-state index contributed by atoms with van der Waals surface area (Å²) < 4.78 is 10.1. The Morgan fingerprint density at radius 1 is 0.639 bits per heavy atom. The Morgan fingerprint density at radius 2 is 1.39 bits per heavy atom. The number of rotatable bonds is 2. The molecule has 0 radical (unpaired) electrons. The number of fused-ring (bicyclic) bond motifs is 5. The van der Waals surface area contributed by atoms with Gasteiger partial charge in [-0.15, -0.1) is 0 Å². The molecular weight excluding hydrogens is 578 g/mol. The van der Waals surface area contributed by atoms with E-state index in [2.05, 4.69) is 103 Å². The van der Waals surface area contributed by atoms with Crippen LogP contribution in [0.25, 0.3) is 60.6 Å². The summed E-state index contributed by atoms with van der Waals surface area (Å²) in [5.41, 5.74) is 6.18.